The van der Waals surface area contributed by atoms with Crippen LogP contribution in [-0.2, 0) is 16.2 Å². The first-order valence-corrected chi connectivity index (χ1v) is 12.0. The SMILES string of the molecule is CCOc1cc(C=NNC(=O)CC(=O)Nc2ccc(C)c(C)c2)cc(Br)c1OCc1ccccc1. The average molecular weight is 538 g/mol. The van der Waals surface area contributed by atoms with Crippen molar-refractivity contribution in [2.24, 2.45) is 5.10 Å². The minimum atomic E-state index is -0.519. The zero-order valence-electron chi connectivity index (χ0n) is 19.9. The van der Waals surface area contributed by atoms with Crippen molar-refractivity contribution in [1.82, 2.24) is 5.43 Å². The number of hydrogen-bond acceptors (Lipinski definition) is 5. The Morgan fingerprint density at radius 1 is 0.971 bits per heavy atom. The van der Waals surface area contributed by atoms with Gasteiger partial charge in [-0.15, -0.1) is 0 Å². The van der Waals surface area contributed by atoms with E-state index in [1.54, 1.807) is 12.1 Å². The molecule has 0 aliphatic rings. The quantitative estimate of drug-likeness (QED) is 0.202. The number of halogens is 1. The molecule has 0 aliphatic carbocycles. The highest BCUT2D eigenvalue weighted by Crippen LogP contribution is 2.37. The molecule has 7 nitrogen and oxygen atoms in total. The first kappa shape index (κ1) is 26.0. The number of aryl methyl sites for hydroxylation is 2. The van der Waals surface area contributed by atoms with Crippen LogP contribution in [0.25, 0.3) is 0 Å². The minimum absolute atomic E-state index is 0.343. The van der Waals surface area contributed by atoms with E-state index in [-0.39, 0.29) is 6.42 Å². The fraction of sp³-hybridized carbons (Fsp3) is 0.222. The van der Waals surface area contributed by atoms with Crippen molar-refractivity contribution < 1.29 is 19.1 Å². The average Bonchev–Trinajstić information content (AvgIpc) is 2.82. The minimum Gasteiger partial charge on any atom is -0.490 e. The lowest BCUT2D eigenvalue weighted by atomic mass is 10.1. The largest absolute Gasteiger partial charge is 0.490 e. The van der Waals surface area contributed by atoms with Crippen LogP contribution in [0, 0.1) is 13.8 Å². The number of hydrazone groups is 1. The Hall–Kier alpha value is -3.65. The molecule has 2 N–H and O–H groups in total. The van der Waals surface area contributed by atoms with Gasteiger partial charge < -0.3 is 14.8 Å². The number of carbonyl (C=O) groups is 2. The summed E-state index contributed by atoms with van der Waals surface area (Å²) < 4.78 is 12.4. The molecule has 0 spiro atoms. The molecule has 0 bridgehead atoms. The summed E-state index contributed by atoms with van der Waals surface area (Å²) in [5.41, 5.74) is 6.95. The second-order valence-corrected chi connectivity index (χ2v) is 8.71. The zero-order valence-corrected chi connectivity index (χ0v) is 21.5. The lowest BCUT2D eigenvalue weighted by Crippen LogP contribution is -2.24. The predicted molar refractivity (Wildman–Crippen MR) is 141 cm³/mol. The van der Waals surface area contributed by atoms with Crippen molar-refractivity contribution in [3.63, 3.8) is 0 Å². The van der Waals surface area contributed by atoms with Crippen LogP contribution in [-0.4, -0.2) is 24.6 Å². The molecule has 0 heterocycles. The smallest absolute Gasteiger partial charge is 0.249 e. The summed E-state index contributed by atoms with van der Waals surface area (Å²) in [6.07, 6.45) is 1.14. The molecular formula is C27H28BrN3O4. The maximum absolute atomic E-state index is 12.2. The van der Waals surface area contributed by atoms with E-state index in [4.69, 9.17) is 9.47 Å². The third kappa shape index (κ3) is 7.96. The summed E-state index contributed by atoms with van der Waals surface area (Å²) >= 11 is 3.53. The van der Waals surface area contributed by atoms with Crippen molar-refractivity contribution in [1.29, 1.82) is 0 Å². The third-order valence-corrected chi connectivity index (χ3v) is 5.66. The Balaban J connectivity index is 1.58. The number of amides is 2. The van der Waals surface area contributed by atoms with Gasteiger partial charge >= 0.3 is 0 Å². The van der Waals surface area contributed by atoms with E-state index < -0.39 is 11.8 Å². The van der Waals surface area contributed by atoms with Crippen LogP contribution in [0.1, 0.15) is 35.6 Å². The maximum Gasteiger partial charge on any atom is 0.249 e. The van der Waals surface area contributed by atoms with Crippen molar-refractivity contribution in [2.75, 3.05) is 11.9 Å². The summed E-state index contributed by atoms with van der Waals surface area (Å²) in [7, 11) is 0. The molecule has 0 aliphatic heterocycles. The van der Waals surface area contributed by atoms with Gasteiger partial charge in [0.05, 0.1) is 17.3 Å². The highest BCUT2D eigenvalue weighted by molar-refractivity contribution is 9.10. The van der Waals surface area contributed by atoms with Gasteiger partial charge in [0.1, 0.15) is 13.0 Å². The highest BCUT2D eigenvalue weighted by atomic mass is 79.9. The van der Waals surface area contributed by atoms with Crippen molar-refractivity contribution in [2.45, 2.75) is 33.8 Å². The summed E-state index contributed by atoms with van der Waals surface area (Å²) in [6, 6.07) is 19.0. The molecule has 35 heavy (non-hydrogen) atoms. The van der Waals surface area contributed by atoms with Gasteiger partial charge in [-0.3, -0.25) is 9.59 Å². The van der Waals surface area contributed by atoms with Gasteiger partial charge in [-0.2, -0.15) is 5.10 Å². The highest BCUT2D eigenvalue weighted by Gasteiger charge is 2.13. The molecule has 0 saturated heterocycles. The molecule has 3 aromatic rings. The molecule has 0 aromatic heterocycles. The van der Waals surface area contributed by atoms with Gasteiger partial charge in [-0.05, 0) is 83.2 Å². The predicted octanol–water partition coefficient (Wildman–Crippen LogP) is 5.52. The Morgan fingerprint density at radius 3 is 2.46 bits per heavy atom. The van der Waals surface area contributed by atoms with Gasteiger partial charge in [0, 0.05) is 5.69 Å². The molecule has 182 valence electrons. The van der Waals surface area contributed by atoms with Crippen LogP contribution < -0.4 is 20.2 Å². The number of rotatable bonds is 10. The summed E-state index contributed by atoms with van der Waals surface area (Å²) in [6.45, 7) is 6.70. The number of ether oxygens (including phenoxy) is 2. The van der Waals surface area contributed by atoms with Crippen LogP contribution >= 0.6 is 15.9 Å². The molecule has 0 fully saturated rings. The number of nitrogens with zero attached hydrogens (tertiary/aromatic N) is 1. The van der Waals surface area contributed by atoms with Gasteiger partial charge in [0.2, 0.25) is 11.8 Å². The van der Waals surface area contributed by atoms with Crippen LogP contribution in [0.3, 0.4) is 0 Å². The molecule has 2 amide bonds. The van der Waals surface area contributed by atoms with Crippen LogP contribution in [0.15, 0.2) is 70.2 Å². The monoisotopic (exact) mass is 537 g/mol. The fourth-order valence-electron chi connectivity index (χ4n) is 3.18. The normalized spacial score (nSPS) is 10.7. The Bertz CT molecular complexity index is 1210. The number of hydrogen-bond donors (Lipinski definition) is 2. The molecule has 8 heteroatoms. The second kappa shape index (κ2) is 12.7. The zero-order chi connectivity index (χ0) is 25.2. The van der Waals surface area contributed by atoms with Crippen LogP contribution in [0.2, 0.25) is 0 Å². The lowest BCUT2D eigenvalue weighted by molar-refractivity contribution is -0.126. The number of carbonyl (C=O) groups excluding carboxylic acids is 2. The Labute approximate surface area is 213 Å². The Morgan fingerprint density at radius 2 is 1.74 bits per heavy atom. The van der Waals surface area contributed by atoms with Gasteiger partial charge in [-0.25, -0.2) is 5.43 Å². The van der Waals surface area contributed by atoms with Crippen molar-refractivity contribution in [3.8, 4) is 11.5 Å². The number of nitrogens with one attached hydrogen (secondary N) is 2. The molecule has 0 atom stereocenters. The molecular weight excluding hydrogens is 510 g/mol. The van der Waals surface area contributed by atoms with Crippen LogP contribution in [0.4, 0.5) is 5.69 Å². The standard InChI is InChI=1S/C27H28BrN3O4/c1-4-34-24-14-21(13-23(28)27(24)35-17-20-8-6-5-7-9-20)16-29-31-26(33)15-25(32)30-22-11-10-18(2)19(3)12-22/h5-14,16H,4,15,17H2,1-3H3,(H,30,32)(H,31,33). The Kier molecular flexibility index (Phi) is 9.43. The molecule has 3 rings (SSSR count). The van der Waals surface area contributed by atoms with E-state index in [0.29, 0.717) is 40.4 Å². The second-order valence-electron chi connectivity index (χ2n) is 7.85. The summed E-state index contributed by atoms with van der Waals surface area (Å²) in [5.74, 6) is 0.204. The first-order valence-electron chi connectivity index (χ1n) is 11.2. The molecule has 0 unspecified atom stereocenters. The topological polar surface area (TPSA) is 89.0 Å². The molecule has 3 aromatic carbocycles. The summed E-state index contributed by atoms with van der Waals surface area (Å²) in [4.78, 5) is 24.3. The third-order valence-electron chi connectivity index (χ3n) is 5.07. The molecule has 0 radical (unpaired) electrons. The van der Waals surface area contributed by atoms with Crippen LogP contribution in [0.5, 0.6) is 11.5 Å². The summed E-state index contributed by atoms with van der Waals surface area (Å²) in [5, 5.41) is 6.69. The van der Waals surface area contributed by atoms with Gasteiger partial charge in [0.25, 0.3) is 0 Å². The van der Waals surface area contributed by atoms with Crippen molar-refractivity contribution >= 4 is 39.6 Å². The first-order chi connectivity index (χ1) is 16.9. The fourth-order valence-corrected chi connectivity index (χ4v) is 3.76. The van der Waals surface area contributed by atoms with E-state index in [0.717, 1.165) is 16.7 Å². The van der Waals surface area contributed by atoms with E-state index >= 15 is 0 Å². The number of anilines is 1. The van der Waals surface area contributed by atoms with E-state index in [9.17, 15) is 9.59 Å². The lowest BCUT2D eigenvalue weighted by Gasteiger charge is -2.14. The maximum atomic E-state index is 12.2. The van der Waals surface area contributed by atoms with Gasteiger partial charge in [-0.1, -0.05) is 36.4 Å². The van der Waals surface area contributed by atoms with E-state index in [1.165, 1.54) is 6.21 Å². The van der Waals surface area contributed by atoms with Gasteiger partial charge in [0.15, 0.2) is 11.5 Å². The van der Waals surface area contributed by atoms with Crippen molar-refractivity contribution in [3.05, 3.63) is 87.4 Å². The van der Waals surface area contributed by atoms with E-state index in [2.05, 4.69) is 31.8 Å². The van der Waals surface area contributed by atoms with E-state index in [1.807, 2.05) is 69.3 Å². The number of benzene rings is 3. The molecule has 0 saturated carbocycles.